The Hall–Kier alpha value is -0.810. The van der Waals surface area contributed by atoms with E-state index in [-0.39, 0.29) is 5.92 Å². The Kier molecular flexibility index (Phi) is 2.67. The molecule has 1 nitrogen and oxygen atoms in total. The summed E-state index contributed by atoms with van der Waals surface area (Å²) in [6.45, 7) is 1.89. The van der Waals surface area contributed by atoms with Gasteiger partial charge >= 0.3 is 0 Å². The molecule has 0 aromatic heterocycles. The van der Waals surface area contributed by atoms with E-state index in [0.29, 0.717) is 0 Å². The van der Waals surface area contributed by atoms with Gasteiger partial charge in [0.05, 0.1) is 12.0 Å². The second-order valence-electron chi connectivity index (χ2n) is 2.41. The van der Waals surface area contributed by atoms with Crippen LogP contribution in [0, 0.1) is 11.3 Å². The molecule has 1 unspecified atom stereocenters. The fraction of sp³-hybridized carbons (Fsp3) is 0.222. The van der Waals surface area contributed by atoms with E-state index in [9.17, 15) is 0 Å². The molecule has 1 atom stereocenters. The standard InChI is InChI=1S/C9H8BrN/c1-7(6-11)8-3-2-4-9(10)5-8/h2-5,7H,1H3. The van der Waals surface area contributed by atoms with Crippen molar-refractivity contribution in [3.8, 4) is 6.07 Å². The third-order valence-corrected chi connectivity index (χ3v) is 2.04. The molecule has 0 aliphatic heterocycles. The van der Waals surface area contributed by atoms with E-state index >= 15 is 0 Å². The van der Waals surface area contributed by atoms with Gasteiger partial charge in [0.2, 0.25) is 0 Å². The predicted octanol–water partition coefficient (Wildman–Crippen LogP) is 3.08. The van der Waals surface area contributed by atoms with Crippen LogP contribution in [0.15, 0.2) is 28.7 Å². The van der Waals surface area contributed by atoms with Crippen LogP contribution in [0.25, 0.3) is 0 Å². The molecule has 1 aromatic rings. The fourth-order valence-corrected chi connectivity index (χ4v) is 1.27. The highest BCUT2D eigenvalue weighted by atomic mass is 79.9. The monoisotopic (exact) mass is 209 g/mol. The lowest BCUT2D eigenvalue weighted by Crippen LogP contribution is -1.87. The molecule has 1 rings (SSSR count). The molecule has 0 bridgehead atoms. The van der Waals surface area contributed by atoms with Crippen molar-refractivity contribution in [1.29, 1.82) is 5.26 Å². The van der Waals surface area contributed by atoms with Crippen LogP contribution < -0.4 is 0 Å². The number of nitriles is 1. The van der Waals surface area contributed by atoms with E-state index in [0.717, 1.165) is 10.0 Å². The van der Waals surface area contributed by atoms with Crippen molar-refractivity contribution in [1.82, 2.24) is 0 Å². The molecular weight excluding hydrogens is 202 g/mol. The van der Waals surface area contributed by atoms with Gasteiger partial charge in [0.1, 0.15) is 0 Å². The average Bonchev–Trinajstić information content (AvgIpc) is 2.03. The Morgan fingerprint density at radius 2 is 2.27 bits per heavy atom. The molecule has 11 heavy (non-hydrogen) atoms. The Balaban J connectivity index is 2.98. The van der Waals surface area contributed by atoms with Crippen LogP contribution in [-0.2, 0) is 0 Å². The maximum atomic E-state index is 8.61. The van der Waals surface area contributed by atoms with Crippen LogP contribution in [0.5, 0.6) is 0 Å². The normalized spacial score (nSPS) is 12.1. The van der Waals surface area contributed by atoms with Crippen molar-refractivity contribution >= 4 is 15.9 Å². The highest BCUT2D eigenvalue weighted by Gasteiger charge is 2.02. The molecule has 0 heterocycles. The van der Waals surface area contributed by atoms with Crippen molar-refractivity contribution in [3.05, 3.63) is 34.3 Å². The molecule has 2 heteroatoms. The Labute approximate surface area is 74.8 Å². The first kappa shape index (κ1) is 8.29. The number of hydrogen-bond acceptors (Lipinski definition) is 1. The predicted molar refractivity (Wildman–Crippen MR) is 48.2 cm³/mol. The molecule has 56 valence electrons. The van der Waals surface area contributed by atoms with Gasteiger partial charge in [-0.2, -0.15) is 5.26 Å². The Morgan fingerprint density at radius 1 is 1.55 bits per heavy atom. The SMILES string of the molecule is CC(C#N)c1cccc(Br)c1. The van der Waals surface area contributed by atoms with Crippen molar-refractivity contribution in [2.45, 2.75) is 12.8 Å². The first-order valence-electron chi connectivity index (χ1n) is 3.39. The topological polar surface area (TPSA) is 23.8 Å². The maximum Gasteiger partial charge on any atom is 0.0700 e. The molecule has 0 aliphatic carbocycles. The van der Waals surface area contributed by atoms with Gasteiger partial charge in [-0.15, -0.1) is 0 Å². The zero-order valence-corrected chi connectivity index (χ0v) is 7.80. The smallest absolute Gasteiger partial charge is 0.0700 e. The summed E-state index contributed by atoms with van der Waals surface area (Å²) in [5, 5.41) is 8.61. The van der Waals surface area contributed by atoms with Gasteiger partial charge in [0.25, 0.3) is 0 Å². The first-order chi connectivity index (χ1) is 5.24. The summed E-state index contributed by atoms with van der Waals surface area (Å²) in [6, 6.07) is 10.0. The van der Waals surface area contributed by atoms with Crippen LogP contribution in [0.3, 0.4) is 0 Å². The molecule has 0 spiro atoms. The first-order valence-corrected chi connectivity index (χ1v) is 4.18. The zero-order valence-electron chi connectivity index (χ0n) is 6.21. The summed E-state index contributed by atoms with van der Waals surface area (Å²) in [5.41, 5.74) is 1.06. The second-order valence-corrected chi connectivity index (χ2v) is 3.32. The van der Waals surface area contributed by atoms with Crippen molar-refractivity contribution < 1.29 is 0 Å². The lowest BCUT2D eigenvalue weighted by Gasteiger charge is -2.01. The minimum atomic E-state index is -0.0208. The zero-order chi connectivity index (χ0) is 8.27. The molecule has 0 amide bonds. The summed E-state index contributed by atoms with van der Waals surface area (Å²) >= 11 is 3.35. The van der Waals surface area contributed by atoms with Crippen LogP contribution >= 0.6 is 15.9 Å². The lowest BCUT2D eigenvalue weighted by molar-refractivity contribution is 0.980. The van der Waals surface area contributed by atoms with Gasteiger partial charge < -0.3 is 0 Å². The molecular formula is C9H8BrN. The number of nitrogens with zero attached hydrogens (tertiary/aromatic N) is 1. The van der Waals surface area contributed by atoms with E-state index in [1.54, 1.807) is 0 Å². The number of rotatable bonds is 1. The van der Waals surface area contributed by atoms with Gasteiger partial charge in [-0.1, -0.05) is 28.1 Å². The van der Waals surface area contributed by atoms with Crippen molar-refractivity contribution in [3.63, 3.8) is 0 Å². The molecule has 0 N–H and O–H groups in total. The number of hydrogen-bond donors (Lipinski definition) is 0. The molecule has 0 radical (unpaired) electrons. The van der Waals surface area contributed by atoms with E-state index in [1.807, 2.05) is 31.2 Å². The number of benzene rings is 1. The average molecular weight is 210 g/mol. The maximum absolute atomic E-state index is 8.61. The lowest BCUT2D eigenvalue weighted by atomic mass is 10.0. The Bertz CT molecular complexity index is 288. The summed E-state index contributed by atoms with van der Waals surface area (Å²) in [7, 11) is 0. The summed E-state index contributed by atoms with van der Waals surface area (Å²) in [5.74, 6) is -0.0208. The van der Waals surface area contributed by atoms with Crippen LogP contribution in [0.1, 0.15) is 18.4 Å². The van der Waals surface area contributed by atoms with Gasteiger partial charge in [-0.3, -0.25) is 0 Å². The van der Waals surface area contributed by atoms with E-state index in [1.165, 1.54) is 0 Å². The second kappa shape index (κ2) is 3.54. The van der Waals surface area contributed by atoms with E-state index in [4.69, 9.17) is 5.26 Å². The molecule has 0 aliphatic rings. The van der Waals surface area contributed by atoms with Crippen LogP contribution in [-0.4, -0.2) is 0 Å². The quantitative estimate of drug-likeness (QED) is 0.698. The molecule has 0 saturated carbocycles. The summed E-state index contributed by atoms with van der Waals surface area (Å²) in [6.07, 6.45) is 0. The largest absolute Gasteiger partial charge is 0.198 e. The fourth-order valence-electron chi connectivity index (χ4n) is 0.850. The van der Waals surface area contributed by atoms with Gasteiger partial charge in [-0.25, -0.2) is 0 Å². The molecule has 0 fully saturated rings. The van der Waals surface area contributed by atoms with Gasteiger partial charge in [-0.05, 0) is 24.6 Å². The number of halogens is 1. The molecule has 1 aromatic carbocycles. The summed E-state index contributed by atoms with van der Waals surface area (Å²) in [4.78, 5) is 0. The third kappa shape index (κ3) is 2.06. The summed E-state index contributed by atoms with van der Waals surface area (Å²) < 4.78 is 1.03. The van der Waals surface area contributed by atoms with Crippen molar-refractivity contribution in [2.75, 3.05) is 0 Å². The van der Waals surface area contributed by atoms with Crippen molar-refractivity contribution in [2.24, 2.45) is 0 Å². The minimum Gasteiger partial charge on any atom is -0.198 e. The van der Waals surface area contributed by atoms with Gasteiger partial charge in [0.15, 0.2) is 0 Å². The van der Waals surface area contributed by atoms with E-state index < -0.39 is 0 Å². The van der Waals surface area contributed by atoms with Crippen LogP contribution in [0.2, 0.25) is 0 Å². The highest BCUT2D eigenvalue weighted by Crippen LogP contribution is 2.18. The van der Waals surface area contributed by atoms with Gasteiger partial charge in [0, 0.05) is 4.47 Å². The minimum absolute atomic E-state index is 0.0208. The molecule has 0 saturated heterocycles. The Morgan fingerprint density at radius 3 is 2.82 bits per heavy atom. The highest BCUT2D eigenvalue weighted by molar-refractivity contribution is 9.10. The third-order valence-electron chi connectivity index (χ3n) is 1.54. The van der Waals surface area contributed by atoms with E-state index in [2.05, 4.69) is 22.0 Å². The van der Waals surface area contributed by atoms with Crippen LogP contribution in [0.4, 0.5) is 0 Å².